The van der Waals surface area contributed by atoms with E-state index in [1.54, 1.807) is 16.2 Å². The molecule has 20 heavy (non-hydrogen) atoms. The maximum Gasteiger partial charge on any atom is 0.325 e. The zero-order valence-electron chi connectivity index (χ0n) is 14.4. The molecular weight excluding hydrogens is 295 g/mol. The van der Waals surface area contributed by atoms with Crippen molar-refractivity contribution < 1.29 is 15.4 Å². The van der Waals surface area contributed by atoms with Gasteiger partial charge in [0.1, 0.15) is 6.04 Å². The van der Waals surface area contributed by atoms with Crippen LogP contribution in [0.1, 0.15) is 27.5 Å². The molecule has 2 aromatic rings. The molecular formula is C15H14ClNO2S. The molecule has 0 aliphatic carbocycles. The Kier molecular flexibility index (Phi) is 2.66. The Hall–Kier alpha value is -1.36. The van der Waals surface area contributed by atoms with Gasteiger partial charge >= 0.3 is 5.97 Å². The molecule has 1 aromatic carbocycles. The normalized spacial score (nSPS) is 19.4. The first-order chi connectivity index (χ1) is 11.3. The molecule has 0 radical (unpaired) electrons. The van der Waals surface area contributed by atoms with Gasteiger partial charge in [-0.1, -0.05) is 29.7 Å². The van der Waals surface area contributed by atoms with Gasteiger partial charge in [0.05, 0.1) is 5.48 Å². The van der Waals surface area contributed by atoms with E-state index in [1.165, 1.54) is 4.88 Å². The number of hydrogen-bond acceptors (Lipinski definition) is 3. The summed E-state index contributed by atoms with van der Waals surface area (Å²) >= 11 is 7.75. The van der Waals surface area contributed by atoms with E-state index in [9.17, 15) is 9.90 Å². The van der Waals surface area contributed by atoms with Gasteiger partial charge in [0.25, 0.3) is 0 Å². The number of hydrogen-bond donors (Lipinski definition) is 1. The molecule has 0 amide bonds. The van der Waals surface area contributed by atoms with Crippen LogP contribution in [0.15, 0.2) is 35.6 Å². The molecule has 1 aromatic heterocycles. The lowest BCUT2D eigenvalue weighted by molar-refractivity contribution is -0.144. The van der Waals surface area contributed by atoms with E-state index in [0.717, 1.165) is 5.56 Å². The first kappa shape index (κ1) is 9.55. The molecule has 5 heteroatoms. The minimum atomic E-state index is -1.22. The first-order valence-electron chi connectivity index (χ1n) is 8.10. The number of rotatable bonds is 3. The standard InChI is InChI=1S/C15H14ClNO2S/c16-12-4-2-1-3-11(12)14(15(18)19)17-7-5-13-10(9-17)6-8-20-13/h1-4,6,8,14H,5,7,9H2,(H,18,19)/t14-/m0/s1/i1D,2D,3D,4D,15+1. The van der Waals surface area contributed by atoms with Crippen LogP contribution in [0.2, 0.25) is 5.02 Å². The summed E-state index contributed by atoms with van der Waals surface area (Å²) in [6, 6.07) is -1.01. The average Bonchev–Trinajstić information content (AvgIpc) is 3.02. The van der Waals surface area contributed by atoms with Gasteiger partial charge in [-0.2, -0.15) is 0 Å². The number of carboxylic acids is 1. The second-order valence-corrected chi connectivity index (χ2v) is 5.94. The Labute approximate surface area is 132 Å². The number of aliphatic carboxylic acids is 1. The summed E-state index contributed by atoms with van der Waals surface area (Å²) in [5.41, 5.74) is 0.975. The maximum absolute atomic E-state index is 11.9. The van der Waals surface area contributed by atoms with Crippen LogP contribution in [0.3, 0.4) is 0 Å². The molecule has 3 rings (SSSR count). The molecule has 0 saturated heterocycles. The largest absolute Gasteiger partial charge is 0.480 e. The minimum absolute atomic E-state index is 0.0751. The average molecular weight is 313 g/mol. The second kappa shape index (κ2) is 5.56. The molecule has 1 atom stereocenters. The number of halogens is 1. The molecule has 1 N–H and O–H groups in total. The van der Waals surface area contributed by atoms with Crippen LogP contribution in [0.25, 0.3) is 0 Å². The number of carbonyl (C=O) groups is 1. The third-order valence-electron chi connectivity index (χ3n) is 3.38. The smallest absolute Gasteiger partial charge is 0.325 e. The van der Waals surface area contributed by atoms with Crippen molar-refractivity contribution in [3.8, 4) is 0 Å². The molecule has 104 valence electrons. The van der Waals surface area contributed by atoms with Crippen molar-refractivity contribution in [1.29, 1.82) is 0 Å². The summed E-state index contributed by atoms with van der Waals surface area (Å²) in [7, 11) is 0. The second-order valence-electron chi connectivity index (χ2n) is 4.56. The van der Waals surface area contributed by atoms with Gasteiger partial charge < -0.3 is 5.11 Å². The van der Waals surface area contributed by atoms with E-state index in [2.05, 4.69) is 0 Å². The van der Waals surface area contributed by atoms with E-state index < -0.39 is 36.2 Å². The van der Waals surface area contributed by atoms with Gasteiger partial charge in [-0.15, -0.1) is 11.3 Å². The minimum Gasteiger partial charge on any atom is -0.480 e. The fourth-order valence-electron chi connectivity index (χ4n) is 2.45. The summed E-state index contributed by atoms with van der Waals surface area (Å²) in [6.07, 6.45) is 0.708. The number of nitrogens with zero attached hydrogens (tertiary/aromatic N) is 1. The summed E-state index contributed by atoms with van der Waals surface area (Å²) in [4.78, 5) is 14.8. The quantitative estimate of drug-likeness (QED) is 0.881. The molecule has 3 nitrogen and oxygen atoms in total. The Balaban J connectivity index is 2.10. The zero-order chi connectivity index (χ0) is 17.6. The van der Waals surface area contributed by atoms with Crippen molar-refractivity contribution in [2.24, 2.45) is 0 Å². The molecule has 0 spiro atoms. The third-order valence-corrected chi connectivity index (χ3v) is 4.70. The van der Waals surface area contributed by atoms with Crippen molar-refractivity contribution in [2.75, 3.05) is 6.54 Å². The number of benzene rings is 1. The van der Waals surface area contributed by atoms with Crippen LogP contribution in [-0.4, -0.2) is 22.5 Å². The monoisotopic (exact) mass is 312 g/mol. The lowest BCUT2D eigenvalue weighted by Crippen LogP contribution is -2.37. The van der Waals surface area contributed by atoms with Crippen LogP contribution in [0.4, 0.5) is 0 Å². The number of fused-ring (bicyclic) bond motifs is 1. The number of carboxylic acid groups (broad SMARTS) is 1. The lowest BCUT2D eigenvalue weighted by Gasteiger charge is -2.32. The fraction of sp³-hybridized carbons (Fsp3) is 0.267. The molecule has 0 unspecified atom stereocenters. The first-order valence-corrected chi connectivity index (χ1v) is 7.36. The van der Waals surface area contributed by atoms with Crippen LogP contribution in [0, 0.1) is 0 Å². The highest BCUT2D eigenvalue weighted by atomic mass is 35.5. The Morgan fingerprint density at radius 1 is 1.50 bits per heavy atom. The van der Waals surface area contributed by atoms with Crippen molar-refractivity contribution in [1.82, 2.24) is 4.90 Å². The van der Waals surface area contributed by atoms with Gasteiger partial charge in [0.15, 0.2) is 0 Å². The molecule has 0 bridgehead atoms. The summed E-state index contributed by atoms with van der Waals surface area (Å²) < 4.78 is 31.3. The summed E-state index contributed by atoms with van der Waals surface area (Å²) in [5.74, 6) is -1.18. The van der Waals surface area contributed by atoms with Crippen LogP contribution in [0.5, 0.6) is 0 Å². The fourth-order valence-corrected chi connectivity index (χ4v) is 3.54. The maximum atomic E-state index is 11.9. The topological polar surface area (TPSA) is 40.5 Å². The van der Waals surface area contributed by atoms with E-state index in [1.807, 2.05) is 11.4 Å². The predicted molar refractivity (Wildman–Crippen MR) is 80.3 cm³/mol. The van der Waals surface area contributed by atoms with E-state index in [-0.39, 0.29) is 10.6 Å². The Morgan fingerprint density at radius 3 is 3.10 bits per heavy atom. The van der Waals surface area contributed by atoms with Crippen molar-refractivity contribution >= 4 is 28.9 Å². The molecule has 2 heterocycles. The molecule has 1 aliphatic heterocycles. The lowest BCUT2D eigenvalue weighted by atomic mass is 10.0. The molecule has 1 aliphatic rings. The van der Waals surface area contributed by atoms with E-state index in [4.69, 9.17) is 17.1 Å². The van der Waals surface area contributed by atoms with Gasteiger partial charge in [-0.05, 0) is 35.0 Å². The van der Waals surface area contributed by atoms with E-state index in [0.29, 0.717) is 19.5 Å². The van der Waals surface area contributed by atoms with Crippen LogP contribution in [-0.2, 0) is 17.8 Å². The molecule has 0 saturated carbocycles. The third kappa shape index (κ3) is 2.46. The zero-order valence-corrected chi connectivity index (χ0v) is 12.0. The van der Waals surface area contributed by atoms with Crippen LogP contribution < -0.4 is 0 Å². The highest BCUT2D eigenvalue weighted by molar-refractivity contribution is 7.10. The SMILES string of the molecule is [2H]c1c([2H])c([2H])c([C@@H]([13C](=O)O)N2CCc3sccc3C2)c(Cl)c1[2H]. The van der Waals surface area contributed by atoms with Gasteiger partial charge in [-0.25, -0.2) is 0 Å². The predicted octanol–water partition coefficient (Wildman–Crippen LogP) is 3.59. The van der Waals surface area contributed by atoms with Gasteiger partial charge in [-0.3, -0.25) is 9.69 Å². The van der Waals surface area contributed by atoms with Crippen molar-refractivity contribution in [3.05, 3.63) is 56.6 Å². The van der Waals surface area contributed by atoms with Crippen molar-refractivity contribution in [2.45, 2.75) is 19.0 Å². The summed E-state index contributed by atoms with van der Waals surface area (Å²) in [5, 5.41) is 11.5. The Morgan fingerprint density at radius 2 is 2.30 bits per heavy atom. The highest BCUT2D eigenvalue weighted by Gasteiger charge is 2.31. The van der Waals surface area contributed by atoms with Gasteiger partial charge in [0.2, 0.25) is 0 Å². The highest BCUT2D eigenvalue weighted by Crippen LogP contribution is 2.33. The van der Waals surface area contributed by atoms with E-state index >= 15 is 0 Å². The Bertz CT molecular complexity index is 797. The number of thiophene rings is 1. The van der Waals surface area contributed by atoms with Gasteiger partial charge in [0, 0.05) is 23.0 Å². The van der Waals surface area contributed by atoms with Crippen LogP contribution >= 0.6 is 22.9 Å². The molecule has 0 fully saturated rings. The van der Waals surface area contributed by atoms with Crippen molar-refractivity contribution in [3.63, 3.8) is 0 Å². The summed E-state index contributed by atoms with van der Waals surface area (Å²) in [6.45, 7) is 0.901.